The number of carbonyl (C=O) groups excluding carboxylic acids is 12. The quantitative estimate of drug-likeness (QED) is 0.0266. The number of nitrogens with zero attached hydrogens (tertiary/aromatic N) is 3. The summed E-state index contributed by atoms with van der Waals surface area (Å²) in [4.78, 5) is 171. The van der Waals surface area contributed by atoms with Gasteiger partial charge in [0.1, 0.15) is 48.1 Å². The molecule has 31 heteroatoms. The SMILES string of the molecule is CC(C)C[C@H](NC(=O)C[C@H](O)[C@H](CC(C)C)NC(=O)[C@H](Cc1cncn1C)NC(=O)CNC(=O)[C@@H](NC(=O)[C@H](C)NC(=O)[C@H](Cc1c[nH]c2ccccc12)NC(=O)[C@H](CCC(N)=O)NC(=O)CCNC(=O)[C@H](CCCCN(C)C)NC(=O)c1ccc([18F])c(Cl)c1)C(C)C)C(N)=O. The smallest absolute Gasteiger partial charge is 0.251 e. The molecule has 0 unspecified atom stereocenters. The molecule has 0 fully saturated rings. The molecule has 96 heavy (non-hydrogen) atoms. The Morgan fingerprint density at radius 3 is 1.93 bits per heavy atom. The van der Waals surface area contributed by atoms with Gasteiger partial charge in [0.2, 0.25) is 65.0 Å². The molecule has 4 aromatic rings. The first-order valence-corrected chi connectivity index (χ1v) is 32.4. The van der Waals surface area contributed by atoms with Crippen molar-refractivity contribution in [1.29, 1.82) is 0 Å². The Balaban J connectivity index is 1.45. The highest BCUT2D eigenvalue weighted by atomic mass is 35.5. The average Bonchev–Trinajstić information content (AvgIpc) is 1.70. The van der Waals surface area contributed by atoms with Crippen LogP contribution in [0.3, 0.4) is 0 Å². The molecule has 0 saturated heterocycles. The maximum absolute atomic E-state index is 14.4. The minimum absolute atomic E-state index is 0.0130. The number of H-pyrrole nitrogens is 1. The number of aromatic amines is 1. The van der Waals surface area contributed by atoms with E-state index in [0.29, 0.717) is 41.5 Å². The second-order valence-corrected chi connectivity index (χ2v) is 25.8. The summed E-state index contributed by atoms with van der Waals surface area (Å²) in [5, 5.41) is 37.9. The number of rotatable bonds is 41. The Morgan fingerprint density at radius 1 is 0.667 bits per heavy atom. The number of hydrogen-bond acceptors (Lipinski definition) is 15. The highest BCUT2D eigenvalue weighted by molar-refractivity contribution is 6.31. The van der Waals surface area contributed by atoms with Gasteiger partial charge in [-0.2, -0.15) is 0 Å². The van der Waals surface area contributed by atoms with Crippen molar-refractivity contribution < 1.29 is 67.0 Å². The number of para-hydroxylation sites is 1. The van der Waals surface area contributed by atoms with Crippen LogP contribution in [0.15, 0.2) is 61.2 Å². The molecule has 12 amide bonds. The summed E-state index contributed by atoms with van der Waals surface area (Å²) in [6, 6.07) is 0.569. The number of unbranched alkanes of at least 4 members (excludes halogenated alkanes) is 1. The number of aryl methyl sites for hydroxylation is 1. The molecule has 0 spiro atoms. The first-order valence-electron chi connectivity index (χ1n) is 32.0. The number of amides is 12. The third kappa shape index (κ3) is 27.0. The maximum atomic E-state index is 14.4. The number of carbonyl (C=O) groups is 12. The lowest BCUT2D eigenvalue weighted by atomic mass is 9.96. The molecule has 0 aliphatic heterocycles. The van der Waals surface area contributed by atoms with Gasteiger partial charge in [-0.1, -0.05) is 71.3 Å². The molecule has 29 nitrogen and oxygen atoms in total. The van der Waals surface area contributed by atoms with Crippen molar-refractivity contribution in [2.45, 2.75) is 174 Å². The number of imidazole rings is 1. The predicted octanol–water partition coefficient (Wildman–Crippen LogP) is 0.296. The van der Waals surface area contributed by atoms with Crippen LogP contribution in [-0.4, -0.2) is 184 Å². The highest BCUT2D eigenvalue weighted by Crippen LogP contribution is 2.21. The molecule has 2 aromatic carbocycles. The van der Waals surface area contributed by atoms with Crippen molar-refractivity contribution in [3.63, 3.8) is 0 Å². The van der Waals surface area contributed by atoms with E-state index in [-0.39, 0.29) is 80.3 Å². The van der Waals surface area contributed by atoms with Crippen LogP contribution in [0, 0.1) is 23.6 Å². The predicted molar refractivity (Wildman–Crippen MR) is 356 cm³/mol. The van der Waals surface area contributed by atoms with Gasteiger partial charge in [0.25, 0.3) is 5.91 Å². The van der Waals surface area contributed by atoms with Crippen LogP contribution in [0.1, 0.15) is 128 Å². The molecule has 9 atom stereocenters. The summed E-state index contributed by atoms with van der Waals surface area (Å²) in [6.45, 7) is 11.7. The maximum Gasteiger partial charge on any atom is 0.251 e. The zero-order chi connectivity index (χ0) is 71.5. The minimum atomic E-state index is -1.46. The van der Waals surface area contributed by atoms with Crippen LogP contribution >= 0.6 is 11.6 Å². The summed E-state index contributed by atoms with van der Waals surface area (Å²) in [5.74, 6) is -10.7. The molecular formula is C65H96ClFN16O13. The summed E-state index contributed by atoms with van der Waals surface area (Å²) in [6.07, 6.45) is 3.25. The lowest BCUT2D eigenvalue weighted by molar-refractivity contribution is -0.135. The van der Waals surface area contributed by atoms with E-state index < -0.39 is 150 Å². The van der Waals surface area contributed by atoms with Crippen molar-refractivity contribution >= 4 is 93.4 Å². The summed E-state index contributed by atoms with van der Waals surface area (Å²) in [7, 11) is 5.45. The standard InChI is InChI=1S/C65H96ClFN16O13/c1-35(2)25-48(52(84)30-55(87)76-49(58(69)89)26-36(3)4)79-64(95)51(29-41-32-70-34-83(41)10)77-56(88)33-73-65(96)57(37(5)6)81-59(90)38(7)74-63(94)50(28-40-31-72-45-16-12-11-15-42(40)45)80-62(93)47(20-21-53(68)85)75-54(86)22-23-71-61(92)46(17-13-14-24-82(8)9)78-60(91)39-18-19-44(67)43(66)27-39/h11-12,15-16,18-19,27,31-32,34-38,46-52,57,72,84H,13-14,17,20-26,28-30,33H2,1-10H3,(H2,68,85)(H2,69,89)(H,71,92)(H,73,96)(H,74,94)(H,75,86)(H,76,87)(H,77,88)(H,78,91)(H,79,95)(H,80,93)(H,81,90)/t38-,46-,47-,48-,49-,50-,51-,52-,57-/m0/s1/i67-1. The van der Waals surface area contributed by atoms with E-state index in [2.05, 4.69) is 63.1 Å². The van der Waals surface area contributed by atoms with Gasteiger partial charge >= 0.3 is 0 Å². The normalized spacial score (nSPS) is 14.2. The van der Waals surface area contributed by atoms with E-state index in [1.807, 2.05) is 46.7 Å². The van der Waals surface area contributed by atoms with Gasteiger partial charge in [-0.05, 0) is 114 Å². The van der Waals surface area contributed by atoms with Crippen molar-refractivity contribution in [2.24, 2.45) is 36.3 Å². The minimum Gasteiger partial charge on any atom is -0.390 e. The van der Waals surface area contributed by atoms with Crippen LogP contribution in [0.25, 0.3) is 10.9 Å². The number of hydrogen-bond donors (Lipinski definition) is 14. The Kier molecular flexibility index (Phi) is 32.4. The summed E-state index contributed by atoms with van der Waals surface area (Å²) < 4.78 is 15.5. The van der Waals surface area contributed by atoms with Gasteiger partial charge in [-0.3, -0.25) is 57.5 Å². The number of nitrogens with two attached hydrogens (primary N) is 2. The van der Waals surface area contributed by atoms with Gasteiger partial charge in [0.05, 0.1) is 36.5 Å². The largest absolute Gasteiger partial charge is 0.390 e. The summed E-state index contributed by atoms with van der Waals surface area (Å²) >= 11 is 5.90. The van der Waals surface area contributed by atoms with Crippen LogP contribution in [-0.2, 0) is 72.6 Å². The van der Waals surface area contributed by atoms with E-state index in [1.54, 1.807) is 55.9 Å². The van der Waals surface area contributed by atoms with Crippen molar-refractivity contribution in [2.75, 3.05) is 33.7 Å². The Hall–Kier alpha value is -9.03. The number of aromatic nitrogens is 3. The lowest BCUT2D eigenvalue weighted by Crippen LogP contribution is -2.59. The fourth-order valence-electron chi connectivity index (χ4n) is 10.3. The molecule has 16 N–H and O–H groups in total. The fourth-order valence-corrected chi connectivity index (χ4v) is 10.5. The molecule has 0 radical (unpaired) electrons. The van der Waals surface area contributed by atoms with Crippen molar-refractivity contribution in [3.05, 3.63) is 88.8 Å². The molecule has 0 aliphatic rings. The Labute approximate surface area is 563 Å². The van der Waals surface area contributed by atoms with Crippen molar-refractivity contribution in [3.8, 4) is 0 Å². The average molecular weight is 1360 g/mol. The number of aliphatic hydroxyl groups excluding tert-OH is 1. The highest BCUT2D eigenvalue weighted by Gasteiger charge is 2.34. The number of fused-ring (bicyclic) bond motifs is 1. The number of benzene rings is 2. The van der Waals surface area contributed by atoms with E-state index >= 15 is 0 Å². The Bertz CT molecular complexity index is 3340. The van der Waals surface area contributed by atoms with Crippen LogP contribution in [0.5, 0.6) is 0 Å². The molecular weight excluding hydrogens is 1270 g/mol. The van der Waals surface area contributed by atoms with E-state index in [4.69, 9.17) is 23.1 Å². The molecule has 2 aromatic heterocycles. The zero-order valence-corrected chi connectivity index (χ0v) is 57.0. The first-order chi connectivity index (χ1) is 45.2. The van der Waals surface area contributed by atoms with Gasteiger partial charge < -0.3 is 84.2 Å². The van der Waals surface area contributed by atoms with Gasteiger partial charge in [-0.15, -0.1) is 0 Å². The molecule has 0 saturated carbocycles. The summed E-state index contributed by atoms with van der Waals surface area (Å²) in [5.41, 5.74) is 12.8. The Morgan fingerprint density at radius 2 is 1.30 bits per heavy atom. The van der Waals surface area contributed by atoms with Crippen LogP contribution in [0.4, 0.5) is 4.39 Å². The molecule has 528 valence electrons. The van der Waals surface area contributed by atoms with Gasteiger partial charge in [0, 0.05) is 73.8 Å². The molecule has 0 bridgehead atoms. The number of halogens is 2. The van der Waals surface area contributed by atoms with Gasteiger partial charge in [0.15, 0.2) is 0 Å². The lowest BCUT2D eigenvalue weighted by Gasteiger charge is -2.28. The number of primary amides is 2. The third-order valence-electron chi connectivity index (χ3n) is 15.6. The zero-order valence-electron chi connectivity index (χ0n) is 56.2. The van der Waals surface area contributed by atoms with E-state index in [0.717, 1.165) is 12.1 Å². The topological polar surface area (TPSA) is 434 Å². The molecule has 0 aliphatic carbocycles. The van der Waals surface area contributed by atoms with E-state index in [1.165, 1.54) is 25.5 Å². The second kappa shape index (κ2) is 39.1. The first kappa shape index (κ1) is 79.4. The van der Waals surface area contributed by atoms with Crippen LogP contribution < -0.4 is 64.6 Å². The monoisotopic (exact) mass is 1360 g/mol. The van der Waals surface area contributed by atoms with Gasteiger partial charge in [-0.25, -0.2) is 9.37 Å². The number of nitrogens with one attached hydrogen (secondary N) is 11. The number of aliphatic hydroxyl groups is 1. The fraction of sp³-hybridized carbons (Fsp3) is 0.554. The third-order valence-corrected chi connectivity index (χ3v) is 15.9. The van der Waals surface area contributed by atoms with Crippen LogP contribution in [0.2, 0.25) is 5.02 Å². The molecule has 2 heterocycles. The molecule has 4 rings (SSSR count). The van der Waals surface area contributed by atoms with Crippen molar-refractivity contribution in [1.82, 2.24) is 72.6 Å². The second-order valence-electron chi connectivity index (χ2n) is 25.4. The van der Waals surface area contributed by atoms with E-state index in [9.17, 15) is 67.0 Å².